The van der Waals surface area contributed by atoms with Crippen molar-refractivity contribution in [2.24, 2.45) is 0 Å². The number of ether oxygens (including phenoxy) is 1. The van der Waals surface area contributed by atoms with Crippen molar-refractivity contribution in [1.29, 1.82) is 0 Å². The molecule has 1 atom stereocenters. The molecule has 0 aromatic heterocycles. The average molecular weight is 169 g/mol. The minimum absolute atomic E-state index is 0.124. The molecule has 0 aliphatic carbocycles. The van der Waals surface area contributed by atoms with Gasteiger partial charge in [0.05, 0.1) is 5.60 Å². The van der Waals surface area contributed by atoms with Gasteiger partial charge >= 0.3 is 0 Å². The lowest BCUT2D eigenvalue weighted by Crippen LogP contribution is -2.51. The van der Waals surface area contributed by atoms with E-state index in [1.54, 1.807) is 0 Å². The Bertz CT molecular complexity index is 163. The lowest BCUT2D eigenvalue weighted by molar-refractivity contribution is -0.0916. The zero-order valence-electron chi connectivity index (χ0n) is 8.18. The molecule has 2 saturated heterocycles. The summed E-state index contributed by atoms with van der Waals surface area (Å²) in [7, 11) is 0. The first-order valence-electron chi connectivity index (χ1n) is 5.05. The number of hydrogen-bond donors (Lipinski definition) is 0. The van der Waals surface area contributed by atoms with Crippen molar-refractivity contribution in [3.05, 3.63) is 0 Å². The van der Waals surface area contributed by atoms with Crippen molar-refractivity contribution in [2.45, 2.75) is 44.8 Å². The molecule has 1 unspecified atom stereocenters. The molecular formula is C10H19NO. The van der Waals surface area contributed by atoms with Crippen LogP contribution in [0.5, 0.6) is 0 Å². The van der Waals surface area contributed by atoms with Gasteiger partial charge in [0.15, 0.2) is 0 Å². The van der Waals surface area contributed by atoms with Crippen LogP contribution in [0, 0.1) is 0 Å². The van der Waals surface area contributed by atoms with Gasteiger partial charge in [-0.3, -0.25) is 0 Å². The number of likely N-dealkylation sites (tertiary alicyclic amines) is 1. The molecule has 2 aliphatic rings. The fraction of sp³-hybridized carbons (Fsp3) is 1.00. The monoisotopic (exact) mass is 169 g/mol. The maximum atomic E-state index is 5.69. The van der Waals surface area contributed by atoms with Crippen LogP contribution in [0.2, 0.25) is 0 Å². The van der Waals surface area contributed by atoms with Crippen LogP contribution in [0.4, 0.5) is 0 Å². The zero-order valence-corrected chi connectivity index (χ0v) is 8.18. The van der Waals surface area contributed by atoms with Gasteiger partial charge in [0.1, 0.15) is 0 Å². The third kappa shape index (κ3) is 1.64. The summed E-state index contributed by atoms with van der Waals surface area (Å²) >= 11 is 0. The fourth-order valence-corrected chi connectivity index (χ4v) is 2.22. The van der Waals surface area contributed by atoms with Crippen LogP contribution >= 0.6 is 0 Å². The first kappa shape index (κ1) is 8.52. The molecule has 0 bridgehead atoms. The van der Waals surface area contributed by atoms with Crippen molar-refractivity contribution in [3.63, 3.8) is 0 Å². The normalized spacial score (nSPS) is 36.0. The highest BCUT2D eigenvalue weighted by Gasteiger charge is 2.33. The number of hydrogen-bond acceptors (Lipinski definition) is 2. The van der Waals surface area contributed by atoms with E-state index in [0.29, 0.717) is 0 Å². The van der Waals surface area contributed by atoms with E-state index in [1.165, 1.54) is 32.4 Å². The van der Waals surface area contributed by atoms with E-state index in [4.69, 9.17) is 4.74 Å². The first-order chi connectivity index (χ1) is 5.67. The third-order valence-electron chi connectivity index (χ3n) is 3.08. The highest BCUT2D eigenvalue weighted by Crippen LogP contribution is 2.29. The summed E-state index contributed by atoms with van der Waals surface area (Å²) in [4.78, 5) is 2.60. The van der Waals surface area contributed by atoms with Crippen molar-refractivity contribution < 1.29 is 4.74 Å². The highest BCUT2D eigenvalue weighted by molar-refractivity contribution is 4.87. The Morgan fingerprint density at radius 3 is 2.58 bits per heavy atom. The second-order valence-corrected chi connectivity index (χ2v) is 4.64. The summed E-state index contributed by atoms with van der Waals surface area (Å²) in [6.07, 6.45) is 3.86. The second-order valence-electron chi connectivity index (χ2n) is 4.64. The molecule has 2 aliphatic heterocycles. The van der Waals surface area contributed by atoms with Gasteiger partial charge in [-0.2, -0.15) is 0 Å². The minimum Gasteiger partial charge on any atom is -0.375 e. The Balaban J connectivity index is 1.89. The van der Waals surface area contributed by atoms with Gasteiger partial charge in [-0.05, 0) is 46.2 Å². The summed E-state index contributed by atoms with van der Waals surface area (Å²) in [5, 5.41) is 0. The number of nitrogens with zero attached hydrogens (tertiary/aromatic N) is 1. The molecule has 0 aromatic carbocycles. The van der Waals surface area contributed by atoms with Crippen LogP contribution < -0.4 is 0 Å². The summed E-state index contributed by atoms with van der Waals surface area (Å²) in [5.41, 5.74) is 0.124. The van der Waals surface area contributed by atoms with E-state index >= 15 is 0 Å². The predicted octanol–water partition coefficient (Wildman–Crippen LogP) is 1.65. The molecule has 2 nitrogen and oxygen atoms in total. The van der Waals surface area contributed by atoms with Gasteiger partial charge in [0.2, 0.25) is 0 Å². The number of rotatable bonds is 1. The van der Waals surface area contributed by atoms with Gasteiger partial charge < -0.3 is 9.64 Å². The largest absolute Gasteiger partial charge is 0.375 e. The molecular weight excluding hydrogens is 150 g/mol. The van der Waals surface area contributed by atoms with Crippen LogP contribution in [0.3, 0.4) is 0 Å². The van der Waals surface area contributed by atoms with E-state index < -0.39 is 0 Å². The molecule has 70 valence electrons. The molecule has 2 heterocycles. The molecule has 2 rings (SSSR count). The maximum absolute atomic E-state index is 5.69. The molecule has 0 aromatic rings. The summed E-state index contributed by atoms with van der Waals surface area (Å²) in [5.74, 6) is 0. The topological polar surface area (TPSA) is 12.5 Å². The Kier molecular flexibility index (Phi) is 2.13. The van der Waals surface area contributed by atoms with E-state index in [2.05, 4.69) is 18.7 Å². The van der Waals surface area contributed by atoms with Crippen LogP contribution in [0.25, 0.3) is 0 Å². The molecule has 0 amide bonds. The average Bonchev–Trinajstić information content (AvgIpc) is 1.80. The molecule has 12 heavy (non-hydrogen) atoms. The predicted molar refractivity (Wildman–Crippen MR) is 49.2 cm³/mol. The molecule has 0 saturated carbocycles. The minimum atomic E-state index is 0.124. The highest BCUT2D eigenvalue weighted by atomic mass is 16.5. The Morgan fingerprint density at radius 1 is 1.33 bits per heavy atom. The van der Waals surface area contributed by atoms with E-state index in [9.17, 15) is 0 Å². The van der Waals surface area contributed by atoms with Crippen molar-refractivity contribution in [2.75, 3.05) is 19.7 Å². The van der Waals surface area contributed by atoms with E-state index in [0.717, 1.165) is 12.6 Å². The van der Waals surface area contributed by atoms with E-state index in [-0.39, 0.29) is 5.60 Å². The lowest BCUT2D eigenvalue weighted by atomic mass is 9.91. The quantitative estimate of drug-likeness (QED) is 0.592. The van der Waals surface area contributed by atoms with Crippen molar-refractivity contribution in [3.8, 4) is 0 Å². The van der Waals surface area contributed by atoms with Gasteiger partial charge in [-0.1, -0.05) is 0 Å². The van der Waals surface area contributed by atoms with Crippen LogP contribution in [0.1, 0.15) is 33.1 Å². The molecule has 2 fully saturated rings. The lowest BCUT2D eigenvalue weighted by Gasteiger charge is -2.45. The van der Waals surface area contributed by atoms with Gasteiger partial charge in [0, 0.05) is 12.6 Å². The van der Waals surface area contributed by atoms with Crippen molar-refractivity contribution >= 4 is 0 Å². The Hall–Kier alpha value is -0.0800. The molecule has 0 radical (unpaired) electrons. The van der Waals surface area contributed by atoms with Crippen LogP contribution in [-0.4, -0.2) is 36.2 Å². The maximum Gasteiger partial charge on any atom is 0.0641 e. The van der Waals surface area contributed by atoms with Crippen molar-refractivity contribution in [1.82, 2.24) is 4.90 Å². The summed E-state index contributed by atoms with van der Waals surface area (Å²) in [6, 6.07) is 0.808. The third-order valence-corrected chi connectivity index (χ3v) is 3.08. The Labute approximate surface area is 74.9 Å². The molecule has 2 heteroatoms. The second kappa shape index (κ2) is 3.00. The summed E-state index contributed by atoms with van der Waals surface area (Å²) in [6.45, 7) is 8.01. The van der Waals surface area contributed by atoms with Gasteiger partial charge in [-0.25, -0.2) is 0 Å². The smallest absolute Gasteiger partial charge is 0.0641 e. The van der Waals surface area contributed by atoms with Gasteiger partial charge in [0.25, 0.3) is 0 Å². The first-order valence-corrected chi connectivity index (χ1v) is 5.05. The van der Waals surface area contributed by atoms with Crippen LogP contribution in [-0.2, 0) is 4.74 Å². The fourth-order valence-electron chi connectivity index (χ4n) is 2.22. The SMILES string of the molecule is CC1(C)CC(N2CCC2)CCO1. The zero-order chi connectivity index (χ0) is 8.60. The van der Waals surface area contributed by atoms with Crippen LogP contribution in [0.15, 0.2) is 0 Å². The standard InChI is InChI=1S/C10H19NO/c1-10(2)8-9(4-7-12-10)11-5-3-6-11/h9H,3-8H2,1-2H3. The van der Waals surface area contributed by atoms with E-state index in [1.807, 2.05) is 0 Å². The summed E-state index contributed by atoms with van der Waals surface area (Å²) < 4.78 is 5.69. The molecule has 0 N–H and O–H groups in total. The molecule has 0 spiro atoms. The Morgan fingerprint density at radius 2 is 2.08 bits per heavy atom. The van der Waals surface area contributed by atoms with Gasteiger partial charge in [-0.15, -0.1) is 0 Å².